The highest BCUT2D eigenvalue weighted by Gasteiger charge is 2.40. The van der Waals surface area contributed by atoms with Crippen molar-refractivity contribution >= 4 is 47.1 Å². The lowest BCUT2D eigenvalue weighted by molar-refractivity contribution is -0.139. The molecule has 2 unspecified atom stereocenters. The number of carbonyl (C=O) groups is 1. The lowest BCUT2D eigenvalue weighted by Gasteiger charge is -2.42. The van der Waals surface area contributed by atoms with Gasteiger partial charge in [-0.25, -0.2) is 0 Å². The molecule has 1 aliphatic heterocycles. The van der Waals surface area contributed by atoms with E-state index >= 15 is 0 Å². The van der Waals surface area contributed by atoms with Gasteiger partial charge in [-0.1, -0.05) is 12.8 Å². The quantitative estimate of drug-likeness (QED) is 0.858. The molecule has 1 aliphatic carbocycles. The minimum absolute atomic E-state index is 0. The number of amides is 1. The number of rotatable bonds is 2. The first-order chi connectivity index (χ1) is 10.1. The summed E-state index contributed by atoms with van der Waals surface area (Å²) in [5.74, 6) is 0.296. The molecule has 132 valence electrons. The first-order valence-electron chi connectivity index (χ1n) is 7.94. The summed E-state index contributed by atoms with van der Waals surface area (Å²) in [7, 11) is 0. The van der Waals surface area contributed by atoms with Gasteiger partial charge in [-0.15, -0.1) is 36.2 Å². The number of carbonyl (C=O) groups excluding carboxylic acids is 1. The van der Waals surface area contributed by atoms with E-state index in [2.05, 4.69) is 29.3 Å². The third-order valence-electron chi connectivity index (χ3n) is 4.96. The Kier molecular flexibility index (Phi) is 7.65. The Balaban J connectivity index is 0.00000132. The van der Waals surface area contributed by atoms with Gasteiger partial charge in [-0.2, -0.15) is 0 Å². The lowest BCUT2D eigenvalue weighted by Crippen LogP contribution is -2.57. The maximum Gasteiger partial charge on any atom is 0.227 e. The van der Waals surface area contributed by atoms with E-state index in [1.165, 1.54) is 5.00 Å². The van der Waals surface area contributed by atoms with E-state index in [4.69, 9.17) is 5.73 Å². The zero-order chi connectivity index (χ0) is 14.9. The van der Waals surface area contributed by atoms with E-state index in [-0.39, 0.29) is 42.2 Å². The van der Waals surface area contributed by atoms with Gasteiger partial charge in [-0.05, 0) is 37.3 Å². The summed E-state index contributed by atoms with van der Waals surface area (Å²) in [5.41, 5.74) is 6.06. The van der Waals surface area contributed by atoms with E-state index in [1.54, 1.807) is 11.3 Å². The van der Waals surface area contributed by atoms with Crippen LogP contribution < -0.4 is 10.6 Å². The molecule has 2 aliphatic rings. The van der Waals surface area contributed by atoms with Crippen LogP contribution in [0.25, 0.3) is 0 Å². The molecular weight excluding hydrogens is 353 g/mol. The number of hydrogen-bond donors (Lipinski definition) is 1. The SMILES string of the molecule is CC1(N)CCCCC1C(=O)N1CCN(c2cccs2)CC1.Cl.Cl. The Labute approximate surface area is 155 Å². The Morgan fingerprint density at radius 1 is 1.26 bits per heavy atom. The van der Waals surface area contributed by atoms with Gasteiger partial charge in [0.2, 0.25) is 5.91 Å². The zero-order valence-electron chi connectivity index (χ0n) is 13.6. The highest BCUT2D eigenvalue weighted by atomic mass is 35.5. The van der Waals surface area contributed by atoms with Crippen LogP contribution in [0.5, 0.6) is 0 Å². The van der Waals surface area contributed by atoms with Gasteiger partial charge in [0.25, 0.3) is 0 Å². The molecule has 1 saturated heterocycles. The number of nitrogens with zero attached hydrogens (tertiary/aromatic N) is 2. The largest absolute Gasteiger partial charge is 0.360 e. The number of anilines is 1. The Morgan fingerprint density at radius 2 is 1.96 bits per heavy atom. The van der Waals surface area contributed by atoms with Crippen molar-refractivity contribution in [3.8, 4) is 0 Å². The van der Waals surface area contributed by atoms with Crippen molar-refractivity contribution in [3.05, 3.63) is 17.5 Å². The fourth-order valence-corrected chi connectivity index (χ4v) is 4.37. The summed E-state index contributed by atoms with van der Waals surface area (Å²) in [5, 5.41) is 3.41. The van der Waals surface area contributed by atoms with Gasteiger partial charge in [-0.3, -0.25) is 4.79 Å². The summed E-state index contributed by atoms with van der Waals surface area (Å²) < 4.78 is 0. The first-order valence-corrected chi connectivity index (χ1v) is 8.82. The molecule has 0 bridgehead atoms. The number of halogens is 2. The number of hydrogen-bond acceptors (Lipinski definition) is 4. The predicted octanol–water partition coefficient (Wildman–Crippen LogP) is 3.15. The molecule has 7 heteroatoms. The fourth-order valence-electron chi connectivity index (χ4n) is 3.58. The molecule has 1 aromatic rings. The van der Waals surface area contributed by atoms with Crippen LogP contribution in [-0.4, -0.2) is 42.5 Å². The molecule has 1 amide bonds. The fraction of sp³-hybridized carbons (Fsp3) is 0.688. The van der Waals surface area contributed by atoms with Crippen molar-refractivity contribution in [2.24, 2.45) is 11.7 Å². The second-order valence-corrected chi connectivity index (χ2v) is 7.49. The summed E-state index contributed by atoms with van der Waals surface area (Å²) in [6, 6.07) is 4.24. The molecule has 2 N–H and O–H groups in total. The minimum Gasteiger partial charge on any atom is -0.360 e. The van der Waals surface area contributed by atoms with Crippen molar-refractivity contribution in [2.75, 3.05) is 31.1 Å². The van der Waals surface area contributed by atoms with Crippen molar-refractivity contribution in [1.29, 1.82) is 0 Å². The average molecular weight is 380 g/mol. The van der Waals surface area contributed by atoms with Gasteiger partial charge >= 0.3 is 0 Å². The lowest BCUT2D eigenvalue weighted by atomic mass is 9.74. The molecule has 4 nitrogen and oxygen atoms in total. The van der Waals surface area contributed by atoms with Gasteiger partial charge in [0.05, 0.1) is 10.9 Å². The maximum absolute atomic E-state index is 12.8. The van der Waals surface area contributed by atoms with Crippen LogP contribution in [0.2, 0.25) is 0 Å². The second-order valence-electron chi connectivity index (χ2n) is 6.57. The first kappa shape index (κ1) is 20.6. The Hall–Kier alpha value is -0.490. The van der Waals surface area contributed by atoms with Crippen molar-refractivity contribution in [3.63, 3.8) is 0 Å². The molecule has 0 aromatic carbocycles. The van der Waals surface area contributed by atoms with Crippen LogP contribution in [0.1, 0.15) is 32.6 Å². The molecule has 3 rings (SSSR count). The van der Waals surface area contributed by atoms with Crippen molar-refractivity contribution < 1.29 is 4.79 Å². The highest BCUT2D eigenvalue weighted by Crippen LogP contribution is 2.33. The third kappa shape index (κ3) is 4.53. The van der Waals surface area contributed by atoms with Crippen LogP contribution >= 0.6 is 36.2 Å². The van der Waals surface area contributed by atoms with E-state index in [1.807, 2.05) is 4.90 Å². The van der Waals surface area contributed by atoms with Crippen LogP contribution in [0.4, 0.5) is 5.00 Å². The highest BCUT2D eigenvalue weighted by molar-refractivity contribution is 7.14. The summed E-state index contributed by atoms with van der Waals surface area (Å²) in [6.07, 6.45) is 4.22. The molecule has 23 heavy (non-hydrogen) atoms. The monoisotopic (exact) mass is 379 g/mol. The molecule has 1 aromatic heterocycles. The van der Waals surface area contributed by atoms with Gasteiger partial charge in [0.15, 0.2) is 0 Å². The Morgan fingerprint density at radius 3 is 2.52 bits per heavy atom. The Bertz CT molecular complexity index is 488. The smallest absolute Gasteiger partial charge is 0.227 e. The van der Waals surface area contributed by atoms with E-state index in [0.29, 0.717) is 0 Å². The second kappa shape index (κ2) is 8.56. The third-order valence-corrected chi connectivity index (χ3v) is 5.89. The number of nitrogens with two attached hydrogens (primary N) is 1. The van der Waals surface area contributed by atoms with Crippen LogP contribution in [0.15, 0.2) is 17.5 Å². The standard InChI is InChI=1S/C16H25N3OS.2ClH/c1-16(17)7-3-2-5-13(16)15(20)19-10-8-18(9-11-19)14-6-4-12-21-14;;/h4,6,12-13H,2-3,5,7-11,17H2,1H3;2*1H. The van der Waals surface area contributed by atoms with Crippen LogP contribution in [0, 0.1) is 5.92 Å². The van der Waals surface area contributed by atoms with Gasteiger partial charge < -0.3 is 15.5 Å². The maximum atomic E-state index is 12.8. The predicted molar refractivity (Wildman–Crippen MR) is 102 cm³/mol. The van der Waals surface area contributed by atoms with Crippen LogP contribution in [-0.2, 0) is 4.79 Å². The van der Waals surface area contributed by atoms with E-state index < -0.39 is 0 Å². The number of piperazine rings is 1. The molecular formula is C16H27Cl2N3OS. The molecule has 1 saturated carbocycles. The summed E-state index contributed by atoms with van der Waals surface area (Å²) >= 11 is 1.77. The normalized spacial score (nSPS) is 27.8. The van der Waals surface area contributed by atoms with E-state index in [9.17, 15) is 4.79 Å². The molecule has 0 radical (unpaired) electrons. The zero-order valence-corrected chi connectivity index (χ0v) is 16.0. The number of thiophene rings is 1. The van der Waals surface area contributed by atoms with Gasteiger partial charge in [0.1, 0.15) is 0 Å². The van der Waals surface area contributed by atoms with Crippen molar-refractivity contribution in [2.45, 2.75) is 38.1 Å². The van der Waals surface area contributed by atoms with E-state index in [0.717, 1.165) is 51.9 Å². The average Bonchev–Trinajstić information content (AvgIpc) is 3.00. The summed E-state index contributed by atoms with van der Waals surface area (Å²) in [6.45, 7) is 5.56. The molecule has 0 spiro atoms. The molecule has 2 heterocycles. The molecule has 2 atom stereocenters. The molecule has 2 fully saturated rings. The topological polar surface area (TPSA) is 49.6 Å². The van der Waals surface area contributed by atoms with Crippen LogP contribution in [0.3, 0.4) is 0 Å². The van der Waals surface area contributed by atoms with Gasteiger partial charge in [0, 0.05) is 31.7 Å². The summed E-state index contributed by atoms with van der Waals surface area (Å²) in [4.78, 5) is 17.2. The van der Waals surface area contributed by atoms with Crippen molar-refractivity contribution in [1.82, 2.24) is 4.90 Å². The minimum atomic E-state index is -0.319.